The summed E-state index contributed by atoms with van der Waals surface area (Å²) in [5.74, 6) is 0.608. The Bertz CT molecular complexity index is 264. The lowest BCUT2D eigenvalue weighted by Crippen LogP contribution is -1.90. The highest BCUT2D eigenvalue weighted by atomic mass is 32.2. The first-order valence-electron chi connectivity index (χ1n) is 3.03. The third-order valence-electron chi connectivity index (χ3n) is 1.29. The molecule has 0 bridgehead atoms. The third kappa shape index (κ3) is 1.30. The predicted molar refractivity (Wildman–Crippen MR) is 44.6 cm³/mol. The zero-order valence-corrected chi connectivity index (χ0v) is 7.12. The number of nitrogens with one attached hydrogen (secondary N) is 2. The Labute approximate surface area is 69.0 Å². The van der Waals surface area contributed by atoms with Crippen molar-refractivity contribution in [2.75, 3.05) is 18.6 Å². The monoisotopic (exact) mass is 168 g/mol. The molecule has 2 N–H and O–H groups in total. The standard InChI is InChI=1S/C6H8N4S/c1-8-5-4(3-7)6(11-2)10-9-5/h1-2H3,(H2,8,9,10). The van der Waals surface area contributed by atoms with Crippen LogP contribution < -0.4 is 5.32 Å². The number of H-pyrrole nitrogens is 1. The van der Waals surface area contributed by atoms with Crippen molar-refractivity contribution in [3.05, 3.63) is 5.56 Å². The zero-order chi connectivity index (χ0) is 8.27. The number of anilines is 1. The molecule has 0 amide bonds. The van der Waals surface area contributed by atoms with Crippen molar-refractivity contribution in [2.45, 2.75) is 5.03 Å². The third-order valence-corrected chi connectivity index (χ3v) is 1.99. The first-order chi connectivity index (χ1) is 5.33. The van der Waals surface area contributed by atoms with Gasteiger partial charge in [0.25, 0.3) is 0 Å². The second-order valence-corrected chi connectivity index (χ2v) is 2.66. The highest BCUT2D eigenvalue weighted by molar-refractivity contribution is 7.98. The fraction of sp³-hybridized carbons (Fsp3) is 0.333. The number of aromatic amines is 1. The lowest BCUT2D eigenvalue weighted by atomic mass is 10.4. The molecular weight excluding hydrogens is 160 g/mol. The predicted octanol–water partition coefficient (Wildman–Crippen LogP) is 1.04. The maximum atomic E-state index is 8.69. The van der Waals surface area contributed by atoms with Crippen LogP contribution in [0.25, 0.3) is 0 Å². The summed E-state index contributed by atoms with van der Waals surface area (Å²) in [5, 5.41) is 19.0. The molecule has 58 valence electrons. The van der Waals surface area contributed by atoms with Crippen LogP contribution in [0.4, 0.5) is 5.82 Å². The van der Waals surface area contributed by atoms with Crippen LogP contribution in [0.2, 0.25) is 0 Å². The van der Waals surface area contributed by atoms with Gasteiger partial charge in [-0.2, -0.15) is 10.4 Å². The van der Waals surface area contributed by atoms with E-state index >= 15 is 0 Å². The van der Waals surface area contributed by atoms with Gasteiger partial charge in [-0.05, 0) is 6.26 Å². The Morgan fingerprint density at radius 1 is 1.73 bits per heavy atom. The molecule has 0 spiro atoms. The summed E-state index contributed by atoms with van der Waals surface area (Å²) in [4.78, 5) is 0. The first-order valence-corrected chi connectivity index (χ1v) is 4.26. The molecule has 1 aromatic heterocycles. The Kier molecular flexibility index (Phi) is 2.39. The molecule has 0 aliphatic heterocycles. The minimum absolute atomic E-state index is 0.583. The number of hydrogen-bond donors (Lipinski definition) is 2. The zero-order valence-electron chi connectivity index (χ0n) is 6.30. The number of aromatic nitrogens is 2. The summed E-state index contributed by atoms with van der Waals surface area (Å²) < 4.78 is 0. The number of thioether (sulfide) groups is 1. The van der Waals surface area contributed by atoms with E-state index in [0.717, 1.165) is 5.03 Å². The maximum Gasteiger partial charge on any atom is 0.166 e. The summed E-state index contributed by atoms with van der Waals surface area (Å²) in [5.41, 5.74) is 0.583. The SMILES string of the molecule is CNc1n[nH]c(SC)c1C#N. The van der Waals surface area contributed by atoms with Gasteiger partial charge in [0.05, 0.1) is 0 Å². The van der Waals surface area contributed by atoms with Crippen molar-refractivity contribution in [1.29, 1.82) is 5.26 Å². The highest BCUT2D eigenvalue weighted by Crippen LogP contribution is 2.22. The van der Waals surface area contributed by atoms with Crippen molar-refractivity contribution < 1.29 is 0 Å². The van der Waals surface area contributed by atoms with E-state index in [0.29, 0.717) is 11.4 Å². The van der Waals surface area contributed by atoms with Gasteiger partial charge >= 0.3 is 0 Å². The second kappa shape index (κ2) is 3.30. The van der Waals surface area contributed by atoms with Gasteiger partial charge in [0.1, 0.15) is 16.7 Å². The second-order valence-electron chi connectivity index (χ2n) is 1.84. The van der Waals surface area contributed by atoms with Gasteiger partial charge in [-0.15, -0.1) is 11.8 Å². The average Bonchev–Trinajstić information content (AvgIpc) is 2.45. The molecule has 5 heteroatoms. The summed E-state index contributed by atoms with van der Waals surface area (Å²) in [6.45, 7) is 0. The van der Waals surface area contributed by atoms with Gasteiger partial charge in [0, 0.05) is 7.05 Å². The lowest BCUT2D eigenvalue weighted by molar-refractivity contribution is 1.00. The van der Waals surface area contributed by atoms with E-state index in [1.807, 2.05) is 6.26 Å². The normalized spacial score (nSPS) is 9.18. The molecule has 1 aromatic rings. The van der Waals surface area contributed by atoms with Crippen LogP contribution in [0.15, 0.2) is 5.03 Å². The van der Waals surface area contributed by atoms with Crippen molar-refractivity contribution in [3.8, 4) is 6.07 Å². The topological polar surface area (TPSA) is 64.5 Å². The molecule has 11 heavy (non-hydrogen) atoms. The smallest absolute Gasteiger partial charge is 0.166 e. The molecule has 1 rings (SSSR count). The van der Waals surface area contributed by atoms with Crippen molar-refractivity contribution in [2.24, 2.45) is 0 Å². The molecule has 0 aromatic carbocycles. The van der Waals surface area contributed by atoms with E-state index in [1.54, 1.807) is 7.05 Å². The molecule has 0 unspecified atom stereocenters. The minimum Gasteiger partial charge on any atom is -0.371 e. The highest BCUT2D eigenvalue weighted by Gasteiger charge is 2.09. The summed E-state index contributed by atoms with van der Waals surface area (Å²) in [6.07, 6.45) is 1.90. The van der Waals surface area contributed by atoms with E-state index in [4.69, 9.17) is 5.26 Å². The molecule has 0 atom stereocenters. The number of nitrogens with zero attached hydrogens (tertiary/aromatic N) is 2. The largest absolute Gasteiger partial charge is 0.371 e. The summed E-state index contributed by atoms with van der Waals surface area (Å²) in [7, 11) is 1.74. The Morgan fingerprint density at radius 3 is 2.91 bits per heavy atom. The van der Waals surface area contributed by atoms with Crippen LogP contribution in [0, 0.1) is 11.3 Å². The van der Waals surface area contributed by atoms with Crippen LogP contribution in [0.3, 0.4) is 0 Å². The fourth-order valence-corrected chi connectivity index (χ4v) is 1.24. The van der Waals surface area contributed by atoms with Crippen molar-refractivity contribution >= 4 is 17.6 Å². The molecule has 0 aliphatic carbocycles. The van der Waals surface area contributed by atoms with Crippen LogP contribution in [-0.2, 0) is 0 Å². The van der Waals surface area contributed by atoms with Crippen LogP contribution in [0.5, 0.6) is 0 Å². The van der Waals surface area contributed by atoms with E-state index in [9.17, 15) is 0 Å². The van der Waals surface area contributed by atoms with Gasteiger partial charge in [-0.1, -0.05) is 0 Å². The summed E-state index contributed by atoms with van der Waals surface area (Å²) >= 11 is 1.48. The molecule has 4 nitrogen and oxygen atoms in total. The Hall–Kier alpha value is -1.15. The number of rotatable bonds is 2. The molecule has 0 radical (unpaired) electrons. The Balaban J connectivity index is 3.12. The molecular formula is C6H8N4S. The van der Waals surface area contributed by atoms with Gasteiger partial charge < -0.3 is 5.32 Å². The molecule has 1 heterocycles. The molecule has 0 saturated carbocycles. The Morgan fingerprint density at radius 2 is 2.45 bits per heavy atom. The minimum atomic E-state index is 0.583. The van der Waals surface area contributed by atoms with Crippen LogP contribution in [0.1, 0.15) is 5.56 Å². The van der Waals surface area contributed by atoms with Gasteiger partial charge in [0.15, 0.2) is 5.82 Å². The molecule has 0 aliphatic rings. The quantitative estimate of drug-likeness (QED) is 0.648. The van der Waals surface area contributed by atoms with E-state index in [-0.39, 0.29) is 0 Å². The maximum absolute atomic E-state index is 8.69. The number of nitriles is 1. The molecule has 0 saturated heterocycles. The van der Waals surface area contributed by atoms with E-state index in [2.05, 4.69) is 21.6 Å². The molecule has 0 fully saturated rings. The first kappa shape index (κ1) is 7.95. The number of hydrogen-bond acceptors (Lipinski definition) is 4. The van der Waals surface area contributed by atoms with Gasteiger partial charge in [-0.25, -0.2) is 0 Å². The van der Waals surface area contributed by atoms with Crippen LogP contribution >= 0.6 is 11.8 Å². The van der Waals surface area contributed by atoms with Gasteiger partial charge in [-0.3, -0.25) is 5.10 Å². The fourth-order valence-electron chi connectivity index (χ4n) is 0.758. The van der Waals surface area contributed by atoms with Crippen molar-refractivity contribution in [1.82, 2.24) is 10.2 Å². The lowest BCUT2D eigenvalue weighted by Gasteiger charge is -1.91. The van der Waals surface area contributed by atoms with Crippen LogP contribution in [-0.4, -0.2) is 23.5 Å². The van der Waals surface area contributed by atoms with Crippen molar-refractivity contribution in [3.63, 3.8) is 0 Å². The average molecular weight is 168 g/mol. The van der Waals surface area contributed by atoms with E-state index in [1.165, 1.54) is 11.8 Å². The summed E-state index contributed by atoms with van der Waals surface area (Å²) in [6, 6.07) is 2.07. The van der Waals surface area contributed by atoms with E-state index < -0.39 is 0 Å². The van der Waals surface area contributed by atoms with Gasteiger partial charge in [0.2, 0.25) is 0 Å².